The minimum atomic E-state index is 0.0301. The molecule has 0 aromatic carbocycles. The van der Waals surface area contributed by atoms with E-state index in [1.54, 1.807) is 6.20 Å². The number of likely N-dealkylation sites (tertiary alicyclic amines) is 1. The first-order chi connectivity index (χ1) is 9.60. The fourth-order valence-corrected chi connectivity index (χ4v) is 2.97. The molecule has 1 aromatic rings. The lowest BCUT2D eigenvalue weighted by molar-refractivity contribution is 0.195. The third kappa shape index (κ3) is 3.77. The van der Waals surface area contributed by atoms with Crippen LogP contribution < -0.4 is 5.73 Å². The number of nitrogen functional groups attached to an aromatic ring is 1. The van der Waals surface area contributed by atoms with Crippen molar-refractivity contribution in [2.75, 3.05) is 26.7 Å². The molecule has 0 aliphatic carbocycles. The van der Waals surface area contributed by atoms with E-state index in [-0.39, 0.29) is 5.84 Å². The number of nitrogens with one attached hydrogen (secondary N) is 1. The fraction of sp³-hybridized carbons (Fsp3) is 0.600. The van der Waals surface area contributed by atoms with Gasteiger partial charge in [0, 0.05) is 25.3 Å². The monoisotopic (exact) mass is 275 g/mol. The number of amidine groups is 1. The third-order valence-electron chi connectivity index (χ3n) is 3.98. The topological polar surface area (TPSA) is 69.2 Å². The first-order valence-electron chi connectivity index (χ1n) is 7.32. The highest BCUT2D eigenvalue weighted by Crippen LogP contribution is 2.18. The lowest BCUT2D eigenvalue weighted by atomic mass is 10.1. The van der Waals surface area contributed by atoms with Gasteiger partial charge in [0.25, 0.3) is 0 Å². The number of pyridine rings is 1. The Morgan fingerprint density at radius 2 is 2.40 bits per heavy atom. The van der Waals surface area contributed by atoms with Gasteiger partial charge in [-0.05, 0) is 50.7 Å². The molecule has 2 rings (SSSR count). The minimum Gasteiger partial charge on any atom is -0.382 e. The molecular formula is C15H25N5. The maximum atomic E-state index is 7.44. The predicted molar refractivity (Wildman–Crippen MR) is 81.9 cm³/mol. The maximum Gasteiger partial charge on any atom is 0.141 e. The highest BCUT2D eigenvalue weighted by molar-refractivity contribution is 5.93. The van der Waals surface area contributed by atoms with E-state index >= 15 is 0 Å². The molecule has 1 unspecified atom stereocenters. The van der Waals surface area contributed by atoms with Crippen molar-refractivity contribution in [2.24, 2.45) is 5.73 Å². The van der Waals surface area contributed by atoms with E-state index < -0.39 is 0 Å². The Morgan fingerprint density at radius 3 is 3.10 bits per heavy atom. The molecule has 5 heteroatoms. The summed E-state index contributed by atoms with van der Waals surface area (Å²) in [5.74, 6) is 0.0301. The Labute approximate surface area is 121 Å². The van der Waals surface area contributed by atoms with Crippen molar-refractivity contribution in [3.05, 3.63) is 29.6 Å². The first-order valence-corrected chi connectivity index (χ1v) is 7.32. The summed E-state index contributed by atoms with van der Waals surface area (Å²) in [6, 6.07) is 4.58. The average Bonchev–Trinajstić information content (AvgIpc) is 2.86. The molecule has 0 saturated carbocycles. The van der Waals surface area contributed by atoms with Crippen LogP contribution in [0.4, 0.5) is 0 Å². The molecule has 3 N–H and O–H groups in total. The van der Waals surface area contributed by atoms with Gasteiger partial charge < -0.3 is 10.6 Å². The predicted octanol–water partition coefficient (Wildman–Crippen LogP) is 1.28. The summed E-state index contributed by atoms with van der Waals surface area (Å²) in [4.78, 5) is 9.00. The summed E-state index contributed by atoms with van der Waals surface area (Å²) in [6.45, 7) is 6.57. The van der Waals surface area contributed by atoms with Gasteiger partial charge in [0.05, 0.1) is 0 Å². The molecule has 0 spiro atoms. The van der Waals surface area contributed by atoms with Crippen LogP contribution in [0.25, 0.3) is 0 Å². The Hall–Kier alpha value is -1.46. The van der Waals surface area contributed by atoms with E-state index in [2.05, 4.69) is 28.8 Å². The minimum absolute atomic E-state index is 0.0301. The zero-order valence-electron chi connectivity index (χ0n) is 12.5. The molecular weight excluding hydrogens is 250 g/mol. The van der Waals surface area contributed by atoms with Crippen LogP contribution in [-0.4, -0.2) is 53.3 Å². The smallest absolute Gasteiger partial charge is 0.141 e. The number of likely N-dealkylation sites (N-methyl/N-ethyl adjacent to an activating group) is 2. The number of aromatic nitrogens is 1. The molecule has 1 saturated heterocycles. The number of hydrogen-bond donors (Lipinski definition) is 2. The number of nitrogens with two attached hydrogens (primary N) is 1. The molecule has 1 atom stereocenters. The van der Waals surface area contributed by atoms with E-state index in [9.17, 15) is 0 Å². The van der Waals surface area contributed by atoms with Crippen LogP contribution in [0.1, 0.15) is 31.0 Å². The summed E-state index contributed by atoms with van der Waals surface area (Å²) < 4.78 is 0. The van der Waals surface area contributed by atoms with Crippen molar-refractivity contribution in [1.82, 2.24) is 14.8 Å². The molecule has 1 fully saturated rings. The summed E-state index contributed by atoms with van der Waals surface area (Å²) in [7, 11) is 2.15. The van der Waals surface area contributed by atoms with Gasteiger partial charge >= 0.3 is 0 Å². The van der Waals surface area contributed by atoms with Crippen LogP contribution in [0, 0.1) is 5.41 Å². The molecule has 1 aliphatic heterocycles. The van der Waals surface area contributed by atoms with Crippen LogP contribution in [-0.2, 0) is 6.54 Å². The van der Waals surface area contributed by atoms with Crippen molar-refractivity contribution >= 4 is 5.84 Å². The van der Waals surface area contributed by atoms with Gasteiger partial charge in [-0.15, -0.1) is 0 Å². The van der Waals surface area contributed by atoms with Gasteiger partial charge in [0.15, 0.2) is 0 Å². The van der Waals surface area contributed by atoms with Gasteiger partial charge in [-0.3, -0.25) is 15.3 Å². The van der Waals surface area contributed by atoms with Crippen molar-refractivity contribution in [1.29, 1.82) is 5.41 Å². The lowest BCUT2D eigenvalue weighted by Crippen LogP contribution is -2.38. The van der Waals surface area contributed by atoms with Gasteiger partial charge in [-0.1, -0.05) is 6.92 Å². The van der Waals surface area contributed by atoms with Crippen LogP contribution >= 0.6 is 0 Å². The summed E-state index contributed by atoms with van der Waals surface area (Å²) in [6.07, 6.45) is 4.34. The molecule has 110 valence electrons. The number of hydrogen-bond acceptors (Lipinski definition) is 4. The summed E-state index contributed by atoms with van der Waals surface area (Å²) in [5, 5.41) is 7.44. The second kappa shape index (κ2) is 6.81. The number of rotatable bonds is 6. The van der Waals surface area contributed by atoms with E-state index in [1.807, 2.05) is 12.1 Å². The molecule has 5 nitrogen and oxygen atoms in total. The SMILES string of the molecule is CCN1CCCC1CN(C)Cc1ccnc(C(=N)N)c1. The molecule has 2 heterocycles. The zero-order chi connectivity index (χ0) is 14.5. The fourth-order valence-electron chi connectivity index (χ4n) is 2.97. The molecule has 1 aromatic heterocycles. The molecule has 1 aliphatic rings. The van der Waals surface area contributed by atoms with E-state index in [4.69, 9.17) is 11.1 Å². The normalized spacial score (nSPS) is 19.6. The Bertz CT molecular complexity index is 459. The quantitative estimate of drug-likeness (QED) is 0.606. The van der Waals surface area contributed by atoms with Gasteiger partial charge in [-0.2, -0.15) is 0 Å². The Kier molecular flexibility index (Phi) is 5.09. The molecule has 0 amide bonds. The highest BCUT2D eigenvalue weighted by Gasteiger charge is 2.23. The van der Waals surface area contributed by atoms with Crippen LogP contribution in [0.15, 0.2) is 18.3 Å². The lowest BCUT2D eigenvalue weighted by Gasteiger charge is -2.27. The Balaban J connectivity index is 1.92. The molecule has 20 heavy (non-hydrogen) atoms. The Morgan fingerprint density at radius 1 is 1.60 bits per heavy atom. The van der Waals surface area contributed by atoms with Crippen molar-refractivity contribution < 1.29 is 0 Å². The summed E-state index contributed by atoms with van der Waals surface area (Å²) in [5.41, 5.74) is 7.21. The van der Waals surface area contributed by atoms with Gasteiger partial charge in [-0.25, -0.2) is 0 Å². The molecule has 0 radical (unpaired) electrons. The van der Waals surface area contributed by atoms with Crippen molar-refractivity contribution in [2.45, 2.75) is 32.4 Å². The van der Waals surface area contributed by atoms with E-state index in [1.165, 1.54) is 19.4 Å². The van der Waals surface area contributed by atoms with Gasteiger partial charge in [0.2, 0.25) is 0 Å². The van der Waals surface area contributed by atoms with Crippen molar-refractivity contribution in [3.63, 3.8) is 0 Å². The summed E-state index contributed by atoms with van der Waals surface area (Å²) >= 11 is 0. The molecule has 0 bridgehead atoms. The average molecular weight is 275 g/mol. The second-order valence-electron chi connectivity index (χ2n) is 5.58. The number of nitrogens with zero attached hydrogens (tertiary/aromatic N) is 3. The van der Waals surface area contributed by atoms with Crippen molar-refractivity contribution in [3.8, 4) is 0 Å². The van der Waals surface area contributed by atoms with E-state index in [0.717, 1.165) is 25.2 Å². The third-order valence-corrected chi connectivity index (χ3v) is 3.98. The van der Waals surface area contributed by atoms with Crippen LogP contribution in [0.5, 0.6) is 0 Å². The largest absolute Gasteiger partial charge is 0.382 e. The first kappa shape index (κ1) is 14.9. The highest BCUT2D eigenvalue weighted by atomic mass is 15.2. The van der Waals surface area contributed by atoms with Crippen LogP contribution in [0.2, 0.25) is 0 Å². The maximum absolute atomic E-state index is 7.44. The standard InChI is InChI=1S/C15H25N5/c1-3-20-8-4-5-13(20)11-19(2)10-12-6-7-18-14(9-12)15(16)17/h6-7,9,13H,3-5,8,10-11H2,1-2H3,(H3,16,17). The van der Waals surface area contributed by atoms with E-state index in [0.29, 0.717) is 11.7 Å². The second-order valence-corrected chi connectivity index (χ2v) is 5.58. The zero-order valence-corrected chi connectivity index (χ0v) is 12.5. The van der Waals surface area contributed by atoms with Gasteiger partial charge in [0.1, 0.15) is 11.5 Å². The van der Waals surface area contributed by atoms with Crippen LogP contribution in [0.3, 0.4) is 0 Å².